The van der Waals surface area contributed by atoms with Crippen LogP contribution in [-0.2, 0) is 4.43 Å². The molecule has 0 aromatic rings. The Kier molecular flexibility index (Phi) is 3.52. The van der Waals surface area contributed by atoms with Crippen LogP contribution in [0.5, 0.6) is 0 Å². The molecule has 0 fully saturated rings. The van der Waals surface area contributed by atoms with Crippen molar-refractivity contribution in [2.75, 3.05) is 0 Å². The Labute approximate surface area is 77.2 Å². The minimum Gasteiger partial charge on any atom is -0.520 e. The second-order valence-corrected chi connectivity index (χ2v) is 13.8. The van der Waals surface area contributed by atoms with Crippen molar-refractivity contribution in [1.29, 1.82) is 0 Å². The standard InChI is InChI=1S/C7H20N2OSi2/c1-11(2,3)9-7(8)10-12(4,5)6/h1-6H3,(H2,8,9). The molecule has 0 aromatic carbocycles. The molecule has 12 heavy (non-hydrogen) atoms. The van der Waals surface area contributed by atoms with E-state index >= 15 is 0 Å². The third kappa shape index (κ3) is 7.81. The van der Waals surface area contributed by atoms with Gasteiger partial charge in [0.2, 0.25) is 8.32 Å². The van der Waals surface area contributed by atoms with E-state index in [2.05, 4.69) is 43.9 Å². The van der Waals surface area contributed by atoms with Crippen LogP contribution in [0.25, 0.3) is 0 Å². The van der Waals surface area contributed by atoms with Crippen LogP contribution in [0.15, 0.2) is 4.66 Å². The van der Waals surface area contributed by atoms with E-state index in [-0.39, 0.29) is 0 Å². The summed E-state index contributed by atoms with van der Waals surface area (Å²) in [5.74, 6) is 0. The van der Waals surface area contributed by atoms with E-state index in [1.165, 1.54) is 0 Å². The zero-order valence-electron chi connectivity index (χ0n) is 8.93. The Morgan fingerprint density at radius 2 is 1.50 bits per heavy atom. The van der Waals surface area contributed by atoms with E-state index in [4.69, 9.17) is 10.2 Å². The first-order chi connectivity index (χ1) is 5.10. The molecule has 72 valence electrons. The summed E-state index contributed by atoms with van der Waals surface area (Å²) < 4.78 is 9.86. The van der Waals surface area contributed by atoms with Gasteiger partial charge in [-0.25, -0.2) is 0 Å². The first kappa shape index (κ1) is 11.7. The van der Waals surface area contributed by atoms with E-state index in [1.54, 1.807) is 0 Å². The van der Waals surface area contributed by atoms with E-state index in [9.17, 15) is 0 Å². The van der Waals surface area contributed by atoms with Gasteiger partial charge in [0.1, 0.15) is 0 Å². The van der Waals surface area contributed by atoms with Crippen LogP contribution in [0, 0.1) is 0 Å². The molecular formula is C7H20N2OSi2. The zero-order chi connectivity index (χ0) is 9.99. The molecule has 0 radical (unpaired) electrons. The normalized spacial score (nSPS) is 14.7. The molecule has 0 bridgehead atoms. The lowest BCUT2D eigenvalue weighted by molar-refractivity contribution is 0.544. The smallest absolute Gasteiger partial charge is 0.258 e. The van der Waals surface area contributed by atoms with Crippen LogP contribution < -0.4 is 5.73 Å². The second-order valence-electron chi connectivity index (χ2n) is 4.84. The van der Waals surface area contributed by atoms with Crippen LogP contribution in [0.4, 0.5) is 0 Å². The first-order valence-corrected chi connectivity index (χ1v) is 11.0. The lowest BCUT2D eigenvalue weighted by atomic mass is 11.2. The molecule has 0 rings (SSSR count). The van der Waals surface area contributed by atoms with Crippen molar-refractivity contribution < 1.29 is 4.43 Å². The molecule has 3 nitrogen and oxygen atoms in total. The zero-order valence-corrected chi connectivity index (χ0v) is 10.9. The van der Waals surface area contributed by atoms with Crippen molar-refractivity contribution in [3.8, 4) is 0 Å². The van der Waals surface area contributed by atoms with Gasteiger partial charge in [-0.1, -0.05) is 0 Å². The summed E-state index contributed by atoms with van der Waals surface area (Å²) in [5, 5.41) is 0. The van der Waals surface area contributed by atoms with Crippen molar-refractivity contribution >= 4 is 22.6 Å². The average molecular weight is 204 g/mol. The molecule has 0 heterocycles. The third-order valence-electron chi connectivity index (χ3n) is 0.856. The molecular weight excluding hydrogens is 184 g/mol. The fourth-order valence-corrected chi connectivity index (χ4v) is 2.14. The fourth-order valence-electron chi connectivity index (χ4n) is 0.667. The van der Waals surface area contributed by atoms with Crippen LogP contribution in [0.1, 0.15) is 0 Å². The molecule has 0 saturated carbocycles. The highest BCUT2D eigenvalue weighted by Gasteiger charge is 2.19. The number of nitrogens with zero attached hydrogens (tertiary/aromatic N) is 1. The van der Waals surface area contributed by atoms with Gasteiger partial charge in [0.15, 0.2) is 8.24 Å². The molecule has 0 atom stereocenters. The van der Waals surface area contributed by atoms with Gasteiger partial charge in [-0.2, -0.15) is 0 Å². The van der Waals surface area contributed by atoms with E-state index in [0.29, 0.717) is 6.02 Å². The summed E-state index contributed by atoms with van der Waals surface area (Å²) in [6, 6.07) is 0.383. The van der Waals surface area contributed by atoms with Crippen LogP contribution >= 0.6 is 0 Å². The highest BCUT2D eigenvalue weighted by molar-refractivity contribution is 6.76. The predicted molar refractivity (Wildman–Crippen MR) is 59.4 cm³/mol. The lowest BCUT2D eigenvalue weighted by Crippen LogP contribution is -2.36. The highest BCUT2D eigenvalue weighted by Crippen LogP contribution is 2.06. The Hall–Kier alpha value is -0.296. The van der Waals surface area contributed by atoms with Crippen LogP contribution in [0.2, 0.25) is 39.3 Å². The van der Waals surface area contributed by atoms with Crippen molar-refractivity contribution in [1.82, 2.24) is 0 Å². The van der Waals surface area contributed by atoms with Gasteiger partial charge < -0.3 is 10.2 Å². The second kappa shape index (κ2) is 3.61. The first-order valence-electron chi connectivity index (χ1n) is 4.14. The van der Waals surface area contributed by atoms with Crippen molar-refractivity contribution in [3.05, 3.63) is 0 Å². The Morgan fingerprint density at radius 3 is 1.75 bits per heavy atom. The third-order valence-corrected chi connectivity index (χ3v) is 2.57. The predicted octanol–water partition coefficient (Wildman–Crippen LogP) is 1.99. The Bertz CT molecular complexity index is 179. The fraction of sp³-hybridized carbons (Fsp3) is 0.857. The monoisotopic (exact) mass is 204 g/mol. The molecule has 0 saturated heterocycles. The maximum atomic E-state index is 5.64. The summed E-state index contributed by atoms with van der Waals surface area (Å²) in [4.78, 5) is 0. The number of amidine groups is 1. The lowest BCUT2D eigenvalue weighted by Gasteiger charge is -2.20. The molecule has 0 aliphatic carbocycles. The summed E-state index contributed by atoms with van der Waals surface area (Å²) in [7, 11) is -3.01. The quantitative estimate of drug-likeness (QED) is 0.425. The van der Waals surface area contributed by atoms with Gasteiger partial charge >= 0.3 is 0 Å². The number of hydrogen-bond acceptors (Lipinski definition) is 2. The molecule has 0 spiro atoms. The largest absolute Gasteiger partial charge is 0.520 e. The van der Waals surface area contributed by atoms with Crippen molar-refractivity contribution in [3.63, 3.8) is 0 Å². The average Bonchev–Trinajstić information content (AvgIpc) is 1.49. The molecule has 0 aliphatic heterocycles. The van der Waals surface area contributed by atoms with Gasteiger partial charge in [-0.15, -0.1) is 0 Å². The van der Waals surface area contributed by atoms with E-state index < -0.39 is 16.6 Å². The molecule has 0 aromatic heterocycles. The van der Waals surface area contributed by atoms with Crippen LogP contribution in [-0.4, -0.2) is 22.6 Å². The maximum Gasteiger partial charge on any atom is 0.258 e. The molecule has 0 aliphatic rings. The number of nitrogens with two attached hydrogens (primary N) is 1. The van der Waals surface area contributed by atoms with Gasteiger partial charge in [0.05, 0.1) is 0 Å². The van der Waals surface area contributed by atoms with Crippen molar-refractivity contribution in [2.45, 2.75) is 39.3 Å². The summed E-state index contributed by atoms with van der Waals surface area (Å²) in [6.45, 7) is 12.7. The van der Waals surface area contributed by atoms with Gasteiger partial charge in [0, 0.05) is 0 Å². The van der Waals surface area contributed by atoms with Gasteiger partial charge in [-0.05, 0) is 39.3 Å². The summed E-state index contributed by atoms with van der Waals surface area (Å²) >= 11 is 0. The highest BCUT2D eigenvalue weighted by atomic mass is 28.4. The molecule has 0 amide bonds. The summed E-state index contributed by atoms with van der Waals surface area (Å²) in [5.41, 5.74) is 5.64. The topological polar surface area (TPSA) is 47.6 Å². The number of rotatable bonds is 2. The molecule has 5 heteroatoms. The van der Waals surface area contributed by atoms with E-state index in [1.807, 2.05) is 0 Å². The number of hydrogen-bond donors (Lipinski definition) is 1. The Balaban J connectivity index is 4.23. The van der Waals surface area contributed by atoms with Crippen molar-refractivity contribution in [2.24, 2.45) is 10.4 Å². The van der Waals surface area contributed by atoms with Gasteiger partial charge in [-0.3, -0.25) is 4.66 Å². The Morgan fingerprint density at radius 1 is 1.08 bits per heavy atom. The minimum atomic E-state index is -1.55. The van der Waals surface area contributed by atoms with Crippen LogP contribution in [0.3, 0.4) is 0 Å². The SMILES string of the molecule is C[Si](C)(C)N=C(N)O[Si](C)(C)C. The molecule has 2 N–H and O–H groups in total. The minimum absolute atomic E-state index is 0.383. The molecule has 0 unspecified atom stereocenters. The van der Waals surface area contributed by atoms with E-state index in [0.717, 1.165) is 0 Å². The van der Waals surface area contributed by atoms with Gasteiger partial charge in [0.25, 0.3) is 6.02 Å². The maximum absolute atomic E-state index is 5.64. The summed E-state index contributed by atoms with van der Waals surface area (Å²) in [6.07, 6.45) is 0.